The molecule has 1 saturated heterocycles. The first-order valence-electron chi connectivity index (χ1n) is 8.64. The Labute approximate surface area is 123 Å². The summed E-state index contributed by atoms with van der Waals surface area (Å²) in [5, 5.41) is 9.66. The Kier molecular flexibility index (Phi) is 6.34. The van der Waals surface area contributed by atoms with E-state index < -0.39 is 0 Å². The van der Waals surface area contributed by atoms with Crippen molar-refractivity contribution < 1.29 is 9.90 Å². The first kappa shape index (κ1) is 15.8. The van der Waals surface area contributed by atoms with Gasteiger partial charge < -0.3 is 10.0 Å². The van der Waals surface area contributed by atoms with Crippen LogP contribution in [-0.4, -0.2) is 34.6 Å². The molecule has 20 heavy (non-hydrogen) atoms. The molecule has 3 nitrogen and oxygen atoms in total. The molecule has 0 aromatic rings. The van der Waals surface area contributed by atoms with Crippen LogP contribution in [0.2, 0.25) is 0 Å². The van der Waals surface area contributed by atoms with E-state index in [-0.39, 0.29) is 12.1 Å². The number of likely N-dealkylation sites (tertiary alicyclic amines) is 1. The van der Waals surface area contributed by atoms with Crippen molar-refractivity contribution in [2.24, 2.45) is 5.92 Å². The first-order valence-corrected chi connectivity index (χ1v) is 8.64. The summed E-state index contributed by atoms with van der Waals surface area (Å²) in [4.78, 5) is 14.6. The number of aliphatic hydroxyl groups excluding tert-OH is 1. The smallest absolute Gasteiger partial charge is 0.222 e. The summed E-state index contributed by atoms with van der Waals surface area (Å²) in [7, 11) is 0. The predicted molar refractivity (Wildman–Crippen MR) is 81.5 cm³/mol. The van der Waals surface area contributed by atoms with Crippen molar-refractivity contribution in [1.82, 2.24) is 4.90 Å². The third-order valence-electron chi connectivity index (χ3n) is 5.05. The van der Waals surface area contributed by atoms with Gasteiger partial charge in [0.25, 0.3) is 0 Å². The van der Waals surface area contributed by atoms with E-state index in [9.17, 15) is 9.90 Å². The van der Waals surface area contributed by atoms with Gasteiger partial charge in [-0.2, -0.15) is 0 Å². The van der Waals surface area contributed by atoms with Crippen molar-refractivity contribution in [2.45, 2.75) is 89.7 Å². The van der Waals surface area contributed by atoms with E-state index in [0.29, 0.717) is 5.91 Å². The summed E-state index contributed by atoms with van der Waals surface area (Å²) in [6, 6.07) is 0.272. The van der Waals surface area contributed by atoms with Gasteiger partial charge in [0.2, 0.25) is 5.91 Å². The molecule has 0 aromatic heterocycles. The largest absolute Gasteiger partial charge is 0.393 e. The molecule has 0 radical (unpaired) electrons. The zero-order valence-electron chi connectivity index (χ0n) is 13.0. The minimum absolute atomic E-state index is 0.272. The lowest BCUT2D eigenvalue weighted by atomic mass is 10.00. The summed E-state index contributed by atoms with van der Waals surface area (Å²) < 4.78 is 0. The minimum Gasteiger partial charge on any atom is -0.393 e. The van der Waals surface area contributed by atoms with Crippen LogP contribution in [0, 0.1) is 5.92 Å². The number of hydrogen-bond acceptors (Lipinski definition) is 2. The van der Waals surface area contributed by atoms with E-state index in [1.807, 2.05) is 6.92 Å². The molecular weight excluding hydrogens is 250 g/mol. The fourth-order valence-electron chi connectivity index (χ4n) is 3.91. The summed E-state index contributed by atoms with van der Waals surface area (Å²) in [5.41, 5.74) is 0. The van der Waals surface area contributed by atoms with Gasteiger partial charge in [-0.15, -0.1) is 0 Å². The summed E-state index contributed by atoms with van der Waals surface area (Å²) in [5.74, 6) is 1.13. The number of hydrogen-bond donors (Lipinski definition) is 1. The van der Waals surface area contributed by atoms with Gasteiger partial charge in [0.1, 0.15) is 0 Å². The number of carbonyl (C=O) groups excluding carboxylic acids is 1. The quantitative estimate of drug-likeness (QED) is 0.838. The summed E-state index contributed by atoms with van der Waals surface area (Å²) >= 11 is 0. The Balaban J connectivity index is 1.85. The SMILES string of the molecule is CC(O)CC1CCCCCN1C(=O)CCC1CCCC1. The van der Waals surface area contributed by atoms with E-state index in [4.69, 9.17) is 0 Å². The predicted octanol–water partition coefficient (Wildman–Crippen LogP) is 3.50. The van der Waals surface area contributed by atoms with Crippen molar-refractivity contribution in [1.29, 1.82) is 0 Å². The van der Waals surface area contributed by atoms with Gasteiger partial charge in [0.05, 0.1) is 6.10 Å². The highest BCUT2D eigenvalue weighted by Gasteiger charge is 2.27. The van der Waals surface area contributed by atoms with Crippen LogP contribution in [0.4, 0.5) is 0 Å². The molecule has 2 unspecified atom stereocenters. The molecule has 1 heterocycles. The highest BCUT2D eigenvalue weighted by atomic mass is 16.3. The third kappa shape index (κ3) is 4.76. The highest BCUT2D eigenvalue weighted by molar-refractivity contribution is 5.76. The van der Waals surface area contributed by atoms with Gasteiger partial charge in [-0.3, -0.25) is 4.79 Å². The second kappa shape index (κ2) is 8.02. The van der Waals surface area contributed by atoms with Crippen molar-refractivity contribution in [3.63, 3.8) is 0 Å². The van der Waals surface area contributed by atoms with Gasteiger partial charge >= 0.3 is 0 Å². The second-order valence-electron chi connectivity index (χ2n) is 6.86. The minimum atomic E-state index is -0.303. The van der Waals surface area contributed by atoms with E-state index in [1.54, 1.807) is 0 Å². The lowest BCUT2D eigenvalue weighted by molar-refractivity contribution is -0.134. The van der Waals surface area contributed by atoms with E-state index >= 15 is 0 Å². The van der Waals surface area contributed by atoms with Crippen LogP contribution in [0.15, 0.2) is 0 Å². The maximum absolute atomic E-state index is 12.5. The standard InChI is InChI=1S/C17H31NO2/c1-14(19)13-16-9-3-2-6-12-18(16)17(20)11-10-15-7-4-5-8-15/h14-16,19H,2-13H2,1H3. The second-order valence-corrected chi connectivity index (χ2v) is 6.86. The van der Waals surface area contributed by atoms with Gasteiger partial charge in [-0.05, 0) is 38.5 Å². The van der Waals surface area contributed by atoms with Gasteiger partial charge in [-0.1, -0.05) is 38.5 Å². The van der Waals surface area contributed by atoms with Crippen LogP contribution >= 0.6 is 0 Å². The molecule has 0 bridgehead atoms. The van der Waals surface area contributed by atoms with Gasteiger partial charge in [0, 0.05) is 19.0 Å². The Morgan fingerprint density at radius 1 is 1.15 bits per heavy atom. The number of nitrogens with zero attached hydrogens (tertiary/aromatic N) is 1. The van der Waals surface area contributed by atoms with Crippen LogP contribution in [0.5, 0.6) is 0 Å². The monoisotopic (exact) mass is 281 g/mol. The lowest BCUT2D eigenvalue weighted by Crippen LogP contribution is -2.41. The van der Waals surface area contributed by atoms with E-state index in [0.717, 1.165) is 44.6 Å². The van der Waals surface area contributed by atoms with Crippen molar-refractivity contribution in [2.75, 3.05) is 6.54 Å². The molecule has 1 aliphatic heterocycles. The zero-order valence-corrected chi connectivity index (χ0v) is 13.0. The number of carbonyl (C=O) groups is 1. The number of rotatable bonds is 5. The molecular formula is C17H31NO2. The Hall–Kier alpha value is -0.570. The molecule has 1 amide bonds. The normalized spacial score (nSPS) is 26.5. The van der Waals surface area contributed by atoms with E-state index in [1.165, 1.54) is 38.5 Å². The van der Waals surface area contributed by atoms with Crippen LogP contribution in [0.3, 0.4) is 0 Å². The fraction of sp³-hybridized carbons (Fsp3) is 0.941. The van der Waals surface area contributed by atoms with Crippen LogP contribution in [0.25, 0.3) is 0 Å². The summed E-state index contributed by atoms with van der Waals surface area (Å²) in [6.07, 6.45) is 12.2. The maximum Gasteiger partial charge on any atom is 0.222 e. The zero-order chi connectivity index (χ0) is 14.4. The Morgan fingerprint density at radius 3 is 2.55 bits per heavy atom. The molecule has 2 fully saturated rings. The van der Waals surface area contributed by atoms with Crippen LogP contribution in [0.1, 0.15) is 77.6 Å². The first-order chi connectivity index (χ1) is 9.66. The molecule has 1 aliphatic carbocycles. The topological polar surface area (TPSA) is 40.5 Å². The van der Waals surface area contributed by atoms with Crippen LogP contribution in [-0.2, 0) is 4.79 Å². The van der Waals surface area contributed by atoms with Gasteiger partial charge in [0.15, 0.2) is 0 Å². The summed E-state index contributed by atoms with van der Waals surface area (Å²) in [6.45, 7) is 2.74. The molecule has 3 heteroatoms. The molecule has 2 atom stereocenters. The molecule has 2 aliphatic rings. The Morgan fingerprint density at radius 2 is 1.85 bits per heavy atom. The van der Waals surface area contributed by atoms with Crippen LogP contribution < -0.4 is 0 Å². The third-order valence-corrected chi connectivity index (χ3v) is 5.05. The number of aliphatic hydroxyl groups is 1. The molecule has 1 N–H and O–H groups in total. The fourth-order valence-corrected chi connectivity index (χ4v) is 3.91. The molecule has 116 valence electrons. The Bertz CT molecular complexity index is 297. The van der Waals surface area contributed by atoms with Crippen molar-refractivity contribution in [3.05, 3.63) is 0 Å². The highest BCUT2D eigenvalue weighted by Crippen LogP contribution is 2.29. The van der Waals surface area contributed by atoms with Gasteiger partial charge in [-0.25, -0.2) is 0 Å². The van der Waals surface area contributed by atoms with E-state index in [2.05, 4.69) is 4.90 Å². The molecule has 0 aromatic carbocycles. The van der Waals surface area contributed by atoms with Crippen molar-refractivity contribution >= 4 is 5.91 Å². The number of amides is 1. The molecule has 0 spiro atoms. The van der Waals surface area contributed by atoms with Crippen molar-refractivity contribution in [3.8, 4) is 0 Å². The molecule has 1 saturated carbocycles. The average molecular weight is 281 g/mol. The molecule has 2 rings (SSSR count). The average Bonchev–Trinajstić information content (AvgIpc) is 2.82. The lowest BCUT2D eigenvalue weighted by Gasteiger charge is -2.31. The maximum atomic E-state index is 12.5.